The molecule has 3 heteroatoms. The summed E-state index contributed by atoms with van der Waals surface area (Å²) in [6, 6.07) is 1.12. The highest BCUT2D eigenvalue weighted by Gasteiger charge is 2.13. The molecule has 1 heterocycles. The minimum absolute atomic E-state index is 0.451. The highest BCUT2D eigenvalue weighted by molar-refractivity contribution is 5.39. The fourth-order valence-electron chi connectivity index (χ4n) is 2.18. The Kier molecular flexibility index (Phi) is 3.29. The van der Waals surface area contributed by atoms with Gasteiger partial charge in [0, 0.05) is 18.3 Å². The molecule has 0 atom stereocenters. The van der Waals surface area contributed by atoms with Crippen molar-refractivity contribution in [2.24, 2.45) is 0 Å². The summed E-state index contributed by atoms with van der Waals surface area (Å²) >= 11 is 0. The summed E-state index contributed by atoms with van der Waals surface area (Å²) in [6.07, 6.45) is 10.8. The third-order valence-electron chi connectivity index (χ3n) is 3.11. The van der Waals surface area contributed by atoms with Crippen molar-refractivity contribution >= 4 is 5.69 Å². The third kappa shape index (κ3) is 2.74. The average molecular weight is 207 g/mol. The van der Waals surface area contributed by atoms with Gasteiger partial charge in [-0.15, -0.1) is 0 Å². The van der Waals surface area contributed by atoms with Gasteiger partial charge in [-0.2, -0.15) is 5.10 Å². The summed E-state index contributed by atoms with van der Waals surface area (Å²) in [5, 5.41) is 7.91. The first-order chi connectivity index (χ1) is 7.25. The lowest BCUT2D eigenvalue weighted by Gasteiger charge is -2.22. The van der Waals surface area contributed by atoms with Crippen LogP contribution in [0.2, 0.25) is 0 Å². The van der Waals surface area contributed by atoms with Gasteiger partial charge in [-0.05, 0) is 26.7 Å². The van der Waals surface area contributed by atoms with E-state index in [1.54, 1.807) is 0 Å². The fraction of sp³-hybridized carbons (Fsp3) is 0.750. The predicted molar refractivity (Wildman–Crippen MR) is 63.1 cm³/mol. The molecule has 1 aromatic rings. The Bertz CT molecular complexity index is 298. The minimum Gasteiger partial charge on any atom is -0.380 e. The molecule has 0 saturated heterocycles. The van der Waals surface area contributed by atoms with Crippen LogP contribution in [0.4, 0.5) is 5.69 Å². The normalized spacial score (nSPS) is 18.3. The SMILES string of the molecule is CC(C)n1cc(NC2CCCCC2)cn1. The van der Waals surface area contributed by atoms with E-state index in [4.69, 9.17) is 0 Å². The number of hydrogen-bond acceptors (Lipinski definition) is 2. The molecule has 0 unspecified atom stereocenters. The fourth-order valence-corrected chi connectivity index (χ4v) is 2.18. The number of anilines is 1. The molecular weight excluding hydrogens is 186 g/mol. The largest absolute Gasteiger partial charge is 0.380 e. The smallest absolute Gasteiger partial charge is 0.0728 e. The molecule has 0 aliphatic heterocycles. The Hall–Kier alpha value is -0.990. The average Bonchev–Trinajstić information content (AvgIpc) is 2.68. The van der Waals surface area contributed by atoms with E-state index in [1.165, 1.54) is 37.8 Å². The summed E-state index contributed by atoms with van der Waals surface area (Å²) in [7, 11) is 0. The second-order valence-corrected chi connectivity index (χ2v) is 4.78. The molecule has 0 spiro atoms. The van der Waals surface area contributed by atoms with Crippen molar-refractivity contribution in [2.45, 2.75) is 58.0 Å². The van der Waals surface area contributed by atoms with Crippen molar-refractivity contribution in [2.75, 3.05) is 5.32 Å². The number of nitrogens with zero attached hydrogens (tertiary/aromatic N) is 2. The summed E-state index contributed by atoms with van der Waals surface area (Å²) < 4.78 is 2.01. The van der Waals surface area contributed by atoms with Crippen LogP contribution < -0.4 is 5.32 Å². The first-order valence-corrected chi connectivity index (χ1v) is 6.06. The van der Waals surface area contributed by atoms with Crippen LogP contribution in [0.5, 0.6) is 0 Å². The standard InChI is InChI=1S/C12H21N3/c1-10(2)15-9-12(8-13-15)14-11-6-4-3-5-7-11/h8-11,14H,3-7H2,1-2H3. The van der Waals surface area contributed by atoms with Crippen LogP contribution in [0.25, 0.3) is 0 Å². The molecule has 1 fully saturated rings. The maximum absolute atomic E-state index is 4.34. The molecule has 84 valence electrons. The topological polar surface area (TPSA) is 29.9 Å². The molecule has 1 saturated carbocycles. The molecule has 15 heavy (non-hydrogen) atoms. The van der Waals surface area contributed by atoms with E-state index in [9.17, 15) is 0 Å². The molecule has 1 aliphatic carbocycles. The van der Waals surface area contributed by atoms with Crippen LogP contribution in [0.3, 0.4) is 0 Å². The van der Waals surface area contributed by atoms with Crippen molar-refractivity contribution in [1.82, 2.24) is 9.78 Å². The lowest BCUT2D eigenvalue weighted by molar-refractivity contribution is 0.462. The monoisotopic (exact) mass is 207 g/mol. The van der Waals surface area contributed by atoms with E-state index in [0.29, 0.717) is 12.1 Å². The van der Waals surface area contributed by atoms with Gasteiger partial charge in [0.2, 0.25) is 0 Å². The van der Waals surface area contributed by atoms with E-state index in [-0.39, 0.29) is 0 Å². The van der Waals surface area contributed by atoms with Crippen LogP contribution >= 0.6 is 0 Å². The Morgan fingerprint density at radius 2 is 2.07 bits per heavy atom. The van der Waals surface area contributed by atoms with E-state index in [2.05, 4.69) is 30.5 Å². The van der Waals surface area contributed by atoms with Crippen LogP contribution in [0.15, 0.2) is 12.4 Å². The molecule has 1 aromatic heterocycles. The molecule has 0 bridgehead atoms. The van der Waals surface area contributed by atoms with Gasteiger partial charge >= 0.3 is 0 Å². The van der Waals surface area contributed by atoms with Gasteiger partial charge in [0.1, 0.15) is 0 Å². The third-order valence-corrected chi connectivity index (χ3v) is 3.11. The number of nitrogens with one attached hydrogen (secondary N) is 1. The Morgan fingerprint density at radius 1 is 1.33 bits per heavy atom. The highest BCUT2D eigenvalue weighted by Crippen LogP contribution is 2.21. The number of hydrogen-bond donors (Lipinski definition) is 1. The Morgan fingerprint density at radius 3 is 2.67 bits per heavy atom. The zero-order valence-electron chi connectivity index (χ0n) is 9.74. The van der Waals surface area contributed by atoms with Gasteiger partial charge in [-0.1, -0.05) is 19.3 Å². The molecule has 0 aromatic carbocycles. The van der Waals surface area contributed by atoms with Crippen molar-refractivity contribution in [3.05, 3.63) is 12.4 Å². The van der Waals surface area contributed by atoms with Crippen molar-refractivity contribution in [3.8, 4) is 0 Å². The summed E-state index contributed by atoms with van der Waals surface area (Å²) in [5.41, 5.74) is 1.18. The van der Waals surface area contributed by atoms with Gasteiger partial charge in [0.25, 0.3) is 0 Å². The van der Waals surface area contributed by atoms with E-state index in [0.717, 1.165) is 0 Å². The number of rotatable bonds is 3. The van der Waals surface area contributed by atoms with Gasteiger partial charge in [-0.25, -0.2) is 0 Å². The molecule has 0 amide bonds. The maximum atomic E-state index is 4.34. The zero-order chi connectivity index (χ0) is 10.7. The lowest BCUT2D eigenvalue weighted by Crippen LogP contribution is -2.21. The first-order valence-electron chi connectivity index (χ1n) is 6.06. The molecule has 3 nitrogen and oxygen atoms in total. The van der Waals surface area contributed by atoms with Crippen LogP contribution in [0.1, 0.15) is 52.0 Å². The predicted octanol–water partition coefficient (Wildman–Crippen LogP) is 3.21. The molecule has 1 N–H and O–H groups in total. The van der Waals surface area contributed by atoms with Gasteiger partial charge in [-0.3, -0.25) is 4.68 Å². The zero-order valence-corrected chi connectivity index (χ0v) is 9.74. The second kappa shape index (κ2) is 4.69. The van der Waals surface area contributed by atoms with Crippen LogP contribution in [0, 0.1) is 0 Å². The van der Waals surface area contributed by atoms with E-state index in [1.807, 2.05) is 10.9 Å². The second-order valence-electron chi connectivity index (χ2n) is 4.78. The summed E-state index contributed by atoms with van der Waals surface area (Å²) in [6.45, 7) is 4.30. The van der Waals surface area contributed by atoms with Crippen molar-refractivity contribution in [3.63, 3.8) is 0 Å². The summed E-state index contributed by atoms with van der Waals surface area (Å²) in [4.78, 5) is 0. The molecular formula is C12H21N3. The van der Waals surface area contributed by atoms with Crippen LogP contribution in [-0.4, -0.2) is 15.8 Å². The van der Waals surface area contributed by atoms with Crippen molar-refractivity contribution in [1.29, 1.82) is 0 Å². The Labute approximate surface area is 91.9 Å². The first kappa shape index (κ1) is 10.5. The summed E-state index contributed by atoms with van der Waals surface area (Å²) in [5.74, 6) is 0. The lowest BCUT2D eigenvalue weighted by atomic mass is 9.95. The minimum atomic E-state index is 0.451. The number of aromatic nitrogens is 2. The van der Waals surface area contributed by atoms with E-state index >= 15 is 0 Å². The van der Waals surface area contributed by atoms with Gasteiger partial charge < -0.3 is 5.32 Å². The quantitative estimate of drug-likeness (QED) is 0.824. The van der Waals surface area contributed by atoms with E-state index < -0.39 is 0 Å². The van der Waals surface area contributed by atoms with Gasteiger partial charge in [0.05, 0.1) is 11.9 Å². The Balaban J connectivity index is 1.91. The highest BCUT2D eigenvalue weighted by atomic mass is 15.3. The van der Waals surface area contributed by atoms with Crippen molar-refractivity contribution < 1.29 is 0 Å². The maximum Gasteiger partial charge on any atom is 0.0728 e. The molecule has 0 radical (unpaired) electrons. The molecule has 2 rings (SSSR count). The molecule has 1 aliphatic rings. The van der Waals surface area contributed by atoms with Crippen LogP contribution in [-0.2, 0) is 0 Å². The van der Waals surface area contributed by atoms with Gasteiger partial charge in [0.15, 0.2) is 0 Å².